The molecule has 14 nitrogen and oxygen atoms in total. The van der Waals surface area contributed by atoms with Crippen LogP contribution in [0, 0.1) is 6.92 Å². The van der Waals surface area contributed by atoms with Crippen molar-refractivity contribution in [1.29, 1.82) is 0 Å². The van der Waals surface area contributed by atoms with Gasteiger partial charge in [0, 0.05) is 17.8 Å². The molecule has 0 bridgehead atoms. The van der Waals surface area contributed by atoms with E-state index >= 15 is 0 Å². The van der Waals surface area contributed by atoms with Gasteiger partial charge < -0.3 is 37.2 Å². The van der Waals surface area contributed by atoms with Crippen LogP contribution in [0.3, 0.4) is 0 Å². The number of anilines is 1. The van der Waals surface area contributed by atoms with E-state index in [0.29, 0.717) is 16.6 Å². The molecule has 3 unspecified atom stereocenters. The van der Waals surface area contributed by atoms with Crippen molar-refractivity contribution in [2.45, 2.75) is 36.5 Å². The van der Waals surface area contributed by atoms with E-state index in [-0.39, 0.29) is 31.6 Å². The second kappa shape index (κ2) is 9.65. The zero-order valence-corrected chi connectivity index (χ0v) is 23.7. The number of benzene rings is 3. The highest BCUT2D eigenvalue weighted by molar-refractivity contribution is 6.12. The first-order chi connectivity index (χ1) is 21.0. The van der Waals surface area contributed by atoms with Crippen LogP contribution in [-0.2, 0) is 4.79 Å². The van der Waals surface area contributed by atoms with Crippen molar-refractivity contribution in [2.24, 2.45) is 21.5 Å². The largest absolute Gasteiger partial charge is 0.370 e. The van der Waals surface area contributed by atoms with Crippen molar-refractivity contribution in [3.05, 3.63) is 77.9 Å². The molecule has 0 aromatic heterocycles. The molecule has 7 rings (SSSR count). The summed E-state index contributed by atoms with van der Waals surface area (Å²) in [6.45, 7) is 1.42. The summed E-state index contributed by atoms with van der Waals surface area (Å²) in [6, 6.07) is 15.9. The maximum atomic E-state index is 13.6. The summed E-state index contributed by atoms with van der Waals surface area (Å²) >= 11 is 0. The van der Waals surface area contributed by atoms with Crippen molar-refractivity contribution in [2.75, 3.05) is 24.5 Å². The predicted octanol–water partition coefficient (Wildman–Crippen LogP) is -0.608. The van der Waals surface area contributed by atoms with Crippen LogP contribution in [0.5, 0.6) is 0 Å². The number of guanidine groups is 2. The van der Waals surface area contributed by atoms with Gasteiger partial charge in [0.25, 0.3) is 11.8 Å². The van der Waals surface area contributed by atoms with Gasteiger partial charge in [-0.05, 0) is 35.9 Å². The quantitative estimate of drug-likeness (QED) is 0.164. The molecule has 1 spiro atoms. The van der Waals surface area contributed by atoms with Crippen LogP contribution in [0.4, 0.5) is 10.5 Å². The lowest BCUT2D eigenvalue weighted by atomic mass is 9.84. The van der Waals surface area contributed by atoms with Gasteiger partial charge in [0.15, 0.2) is 17.6 Å². The van der Waals surface area contributed by atoms with Gasteiger partial charge in [0.2, 0.25) is 5.79 Å². The van der Waals surface area contributed by atoms with E-state index in [4.69, 9.17) is 11.5 Å². The first kappa shape index (κ1) is 27.6. The number of rotatable bonds is 5. The van der Waals surface area contributed by atoms with Gasteiger partial charge >= 0.3 is 6.03 Å². The number of nitrogens with zero attached hydrogens (tertiary/aromatic N) is 5. The SMILES string of the molecule is Cc1ccc2c(C(=O)NC3CN4C(N)=N[C@@H](CN5C(=O)CN(c6ccccc6)C5=O)C5N=C(N)NC54C3(O)O)cccc2c1. The summed E-state index contributed by atoms with van der Waals surface area (Å²) in [5.41, 5.74) is 12.6. The molecule has 8 N–H and O–H groups in total. The Bertz CT molecular complexity index is 1780. The van der Waals surface area contributed by atoms with Crippen molar-refractivity contribution in [1.82, 2.24) is 20.4 Å². The zero-order valence-electron chi connectivity index (χ0n) is 23.7. The molecule has 4 aliphatic heterocycles. The number of carbonyl (C=O) groups is 3. The Morgan fingerprint density at radius 1 is 1.07 bits per heavy atom. The van der Waals surface area contributed by atoms with Gasteiger partial charge in [-0.2, -0.15) is 0 Å². The molecule has 0 radical (unpaired) electrons. The summed E-state index contributed by atoms with van der Waals surface area (Å²) in [5, 5.41) is 30.8. The lowest BCUT2D eigenvalue weighted by Gasteiger charge is -2.49. The number of para-hydroxylation sites is 1. The second-order valence-electron chi connectivity index (χ2n) is 11.5. The molecule has 2 fully saturated rings. The van der Waals surface area contributed by atoms with Crippen LogP contribution in [-0.4, -0.2) is 99.0 Å². The number of fused-ring (bicyclic) bond motifs is 1. The Kier molecular flexibility index (Phi) is 6.06. The average molecular weight is 598 g/mol. The Morgan fingerprint density at radius 3 is 2.61 bits per heavy atom. The Hall–Kier alpha value is -5.21. The number of amides is 4. The lowest BCUT2D eigenvalue weighted by Crippen LogP contribution is -2.78. The monoisotopic (exact) mass is 597 g/mol. The number of hydrogen-bond acceptors (Lipinski definition) is 11. The van der Waals surface area contributed by atoms with Crippen LogP contribution in [0.1, 0.15) is 15.9 Å². The number of imide groups is 1. The molecule has 44 heavy (non-hydrogen) atoms. The lowest BCUT2D eigenvalue weighted by molar-refractivity contribution is -0.230. The number of aryl methyl sites for hydroxylation is 1. The standard InChI is InChI=1S/C30H31N9O5/c1-16-10-11-19-17(12-16)6-5-9-20(19)25(41)34-22-14-39-27(32)33-21(24-29(39,30(22,43)44)36-26(31)35-24)13-38-23(40)15-37(28(38)42)18-7-3-2-4-8-18/h2-12,21-22,24,43-44H,13-15H2,1H3,(H2,32,33)(H,34,41)(H3,31,35,36)/t21-,22?,24?,29?/m0/s1. The number of hydrogen-bond donors (Lipinski definition) is 6. The summed E-state index contributed by atoms with van der Waals surface area (Å²) in [6.07, 6.45) is 0. The number of aliphatic imine (C=N–C) groups is 2. The van der Waals surface area contributed by atoms with Gasteiger partial charge in [0.1, 0.15) is 18.6 Å². The van der Waals surface area contributed by atoms with Crippen LogP contribution >= 0.6 is 0 Å². The molecule has 4 atom stereocenters. The number of carbonyl (C=O) groups excluding carboxylic acids is 3. The fourth-order valence-corrected chi connectivity index (χ4v) is 6.79. The molecule has 0 aliphatic carbocycles. The molecule has 2 saturated heterocycles. The predicted molar refractivity (Wildman–Crippen MR) is 161 cm³/mol. The fourth-order valence-electron chi connectivity index (χ4n) is 6.79. The molecular weight excluding hydrogens is 566 g/mol. The molecule has 0 saturated carbocycles. The molecule has 3 aromatic carbocycles. The molecular formula is C30H31N9O5. The van der Waals surface area contributed by atoms with E-state index < -0.39 is 47.4 Å². The van der Waals surface area contributed by atoms with Gasteiger partial charge in [-0.15, -0.1) is 0 Å². The van der Waals surface area contributed by atoms with Gasteiger partial charge in [-0.3, -0.25) is 19.4 Å². The average Bonchev–Trinajstić information content (AvgIpc) is 3.58. The third-order valence-corrected chi connectivity index (χ3v) is 8.88. The van der Waals surface area contributed by atoms with E-state index in [9.17, 15) is 24.6 Å². The highest BCUT2D eigenvalue weighted by atomic mass is 16.5. The minimum absolute atomic E-state index is 0.0903. The van der Waals surface area contributed by atoms with Crippen molar-refractivity contribution < 1.29 is 24.6 Å². The molecule has 226 valence electrons. The smallest absolute Gasteiger partial charge is 0.331 e. The van der Waals surface area contributed by atoms with Crippen molar-refractivity contribution in [3.63, 3.8) is 0 Å². The van der Waals surface area contributed by atoms with Crippen molar-refractivity contribution >= 4 is 46.2 Å². The third-order valence-electron chi connectivity index (χ3n) is 8.88. The third kappa shape index (κ3) is 3.91. The molecule has 3 aromatic rings. The Morgan fingerprint density at radius 2 is 1.84 bits per heavy atom. The van der Waals surface area contributed by atoms with Crippen molar-refractivity contribution in [3.8, 4) is 0 Å². The highest BCUT2D eigenvalue weighted by Crippen LogP contribution is 2.45. The molecule has 4 amide bonds. The molecule has 14 heteroatoms. The maximum Gasteiger partial charge on any atom is 0.331 e. The summed E-state index contributed by atoms with van der Waals surface area (Å²) in [4.78, 5) is 52.7. The van der Waals surface area contributed by atoms with E-state index in [1.807, 2.05) is 31.2 Å². The van der Waals surface area contributed by atoms with E-state index in [0.717, 1.165) is 15.8 Å². The fraction of sp³-hybridized carbons (Fsp3) is 0.300. The number of urea groups is 1. The van der Waals surface area contributed by atoms with Gasteiger partial charge in [-0.1, -0.05) is 54.1 Å². The second-order valence-corrected chi connectivity index (χ2v) is 11.5. The first-order valence-electron chi connectivity index (χ1n) is 14.2. The number of nitrogens with one attached hydrogen (secondary N) is 2. The van der Waals surface area contributed by atoms with Crippen LogP contribution in [0.2, 0.25) is 0 Å². The van der Waals surface area contributed by atoms with E-state index in [1.165, 1.54) is 9.80 Å². The van der Waals surface area contributed by atoms with E-state index in [2.05, 4.69) is 20.6 Å². The first-order valence-corrected chi connectivity index (χ1v) is 14.2. The summed E-state index contributed by atoms with van der Waals surface area (Å²) < 4.78 is 0. The highest BCUT2D eigenvalue weighted by Gasteiger charge is 2.73. The molecule has 4 aliphatic rings. The minimum atomic E-state index is -2.67. The number of aliphatic hydroxyl groups is 2. The van der Waals surface area contributed by atoms with E-state index in [1.54, 1.807) is 42.5 Å². The topological polar surface area (TPSA) is 202 Å². The molecule has 4 heterocycles. The Labute approximate surface area is 251 Å². The zero-order chi connectivity index (χ0) is 31.0. The van der Waals surface area contributed by atoms with Gasteiger partial charge in [-0.25, -0.2) is 14.8 Å². The Balaban J connectivity index is 1.18. The minimum Gasteiger partial charge on any atom is -0.370 e. The van der Waals surface area contributed by atoms with Gasteiger partial charge in [0.05, 0.1) is 12.6 Å². The van der Waals surface area contributed by atoms with Crippen LogP contribution in [0.15, 0.2) is 76.7 Å². The van der Waals surface area contributed by atoms with Crippen LogP contribution < -0.4 is 27.0 Å². The maximum absolute atomic E-state index is 13.6. The number of nitrogens with two attached hydrogens (primary N) is 2. The van der Waals surface area contributed by atoms with Crippen LogP contribution in [0.25, 0.3) is 10.8 Å². The summed E-state index contributed by atoms with van der Waals surface area (Å²) in [5.74, 6) is -3.84. The summed E-state index contributed by atoms with van der Waals surface area (Å²) in [7, 11) is 0. The normalized spacial score (nSPS) is 27.2.